The summed E-state index contributed by atoms with van der Waals surface area (Å²) in [5, 5.41) is 7.54. The molecule has 2 aliphatic heterocycles. The highest BCUT2D eigenvalue weighted by Crippen LogP contribution is 2.34. The van der Waals surface area contributed by atoms with E-state index in [-0.39, 0.29) is 18.5 Å². The smallest absolute Gasteiger partial charge is 0.217 e. The standard InChI is InChI=1S/C31H32ClFN8O2/c1-19-36-29(39-38-19)22-13-27-30(35-15-22)41(16-24-8-12-42-24)28(37-27)17-40-10-6-20(7-11-40)25-3-2-9-34-31(25)43-18-21-4-5-23(32)14-26(21)33/h2-5,9,13-15,20,24H,6-8,10-12,16-18H2,1H3,(H,36,38,39). The molecule has 1 N–H and O–H groups in total. The van der Waals surface area contributed by atoms with Crippen molar-refractivity contribution in [1.29, 1.82) is 0 Å². The number of pyridine rings is 2. The van der Waals surface area contributed by atoms with E-state index in [2.05, 4.69) is 35.7 Å². The van der Waals surface area contributed by atoms with E-state index in [0.29, 0.717) is 28.2 Å². The van der Waals surface area contributed by atoms with Crippen LogP contribution in [0.2, 0.25) is 5.02 Å². The highest BCUT2D eigenvalue weighted by atomic mass is 35.5. The van der Waals surface area contributed by atoms with Crippen LogP contribution in [0.3, 0.4) is 0 Å². The molecule has 0 radical (unpaired) electrons. The molecular formula is C31H32ClFN8O2. The summed E-state index contributed by atoms with van der Waals surface area (Å²) in [6, 6.07) is 10.6. The minimum atomic E-state index is -0.382. The summed E-state index contributed by atoms with van der Waals surface area (Å²) >= 11 is 5.90. The van der Waals surface area contributed by atoms with E-state index in [9.17, 15) is 4.39 Å². The fraction of sp³-hybridized carbons (Fsp3) is 0.387. The zero-order valence-corrected chi connectivity index (χ0v) is 24.6. The molecule has 43 heavy (non-hydrogen) atoms. The van der Waals surface area contributed by atoms with Crippen molar-refractivity contribution in [3.63, 3.8) is 0 Å². The van der Waals surface area contributed by atoms with Crippen LogP contribution in [0.25, 0.3) is 22.6 Å². The van der Waals surface area contributed by atoms with Gasteiger partial charge in [0.1, 0.15) is 29.6 Å². The summed E-state index contributed by atoms with van der Waals surface area (Å²) in [5.41, 5.74) is 4.03. The van der Waals surface area contributed by atoms with E-state index < -0.39 is 0 Å². The first-order valence-electron chi connectivity index (χ1n) is 14.6. The number of likely N-dealkylation sites (tertiary alicyclic amines) is 1. The van der Waals surface area contributed by atoms with Gasteiger partial charge in [0.2, 0.25) is 5.88 Å². The molecule has 2 saturated heterocycles. The van der Waals surface area contributed by atoms with Crippen molar-refractivity contribution in [2.45, 2.75) is 57.9 Å². The Balaban J connectivity index is 1.05. The number of hydrogen-bond acceptors (Lipinski definition) is 8. The largest absolute Gasteiger partial charge is 0.472 e. The number of halogens is 2. The van der Waals surface area contributed by atoms with Crippen LogP contribution < -0.4 is 4.74 Å². The third-order valence-corrected chi connectivity index (χ3v) is 8.51. The monoisotopic (exact) mass is 602 g/mol. The van der Waals surface area contributed by atoms with Gasteiger partial charge in [-0.15, -0.1) is 0 Å². The van der Waals surface area contributed by atoms with E-state index in [0.717, 1.165) is 86.0 Å². The lowest BCUT2D eigenvalue weighted by Crippen LogP contribution is -2.35. The van der Waals surface area contributed by atoms with Gasteiger partial charge >= 0.3 is 0 Å². The lowest BCUT2D eigenvalue weighted by molar-refractivity contribution is -0.0593. The number of nitrogens with one attached hydrogen (secondary N) is 1. The summed E-state index contributed by atoms with van der Waals surface area (Å²) in [4.78, 5) is 21.2. The number of H-pyrrole nitrogens is 1. The number of aromatic amines is 1. The highest BCUT2D eigenvalue weighted by Gasteiger charge is 2.27. The molecule has 2 aliphatic rings. The number of benzene rings is 1. The van der Waals surface area contributed by atoms with Crippen LogP contribution in [0.4, 0.5) is 4.39 Å². The summed E-state index contributed by atoms with van der Waals surface area (Å²) in [6.07, 6.45) is 6.66. The van der Waals surface area contributed by atoms with Gasteiger partial charge in [0.05, 0.1) is 19.2 Å². The zero-order chi connectivity index (χ0) is 29.3. The molecule has 12 heteroatoms. The summed E-state index contributed by atoms with van der Waals surface area (Å²) in [6.45, 7) is 6.04. The Labute approximate surface area is 253 Å². The Morgan fingerprint density at radius 3 is 2.72 bits per heavy atom. The summed E-state index contributed by atoms with van der Waals surface area (Å²) in [5.74, 6) is 2.83. The van der Waals surface area contributed by atoms with Crippen LogP contribution in [-0.2, 0) is 24.4 Å². The predicted octanol–water partition coefficient (Wildman–Crippen LogP) is 5.46. The van der Waals surface area contributed by atoms with Crippen LogP contribution in [-0.4, -0.2) is 65.4 Å². The number of aryl methyl sites for hydroxylation is 1. The fourth-order valence-electron chi connectivity index (χ4n) is 5.82. The molecule has 0 bridgehead atoms. The van der Waals surface area contributed by atoms with Gasteiger partial charge in [0, 0.05) is 40.7 Å². The molecule has 222 valence electrons. The number of imidazole rings is 1. The number of aromatic nitrogens is 7. The summed E-state index contributed by atoms with van der Waals surface area (Å²) < 4.78 is 28.3. The maximum Gasteiger partial charge on any atom is 0.217 e. The van der Waals surface area contributed by atoms with Gasteiger partial charge in [-0.05, 0) is 69.5 Å². The van der Waals surface area contributed by atoms with E-state index in [1.165, 1.54) is 6.07 Å². The lowest BCUT2D eigenvalue weighted by atomic mass is 9.90. The van der Waals surface area contributed by atoms with Crippen molar-refractivity contribution in [2.75, 3.05) is 19.7 Å². The fourth-order valence-corrected chi connectivity index (χ4v) is 5.98. The first-order valence-corrected chi connectivity index (χ1v) is 15.0. The molecule has 6 heterocycles. The van der Waals surface area contributed by atoms with Gasteiger partial charge in [0.25, 0.3) is 0 Å². The molecule has 7 rings (SSSR count). The average molecular weight is 603 g/mol. The Hall–Kier alpha value is -3.93. The van der Waals surface area contributed by atoms with Crippen LogP contribution in [0.5, 0.6) is 5.88 Å². The first-order chi connectivity index (χ1) is 21.0. The Bertz CT molecular complexity index is 1750. The molecule has 0 saturated carbocycles. The predicted molar refractivity (Wildman–Crippen MR) is 159 cm³/mol. The number of piperidine rings is 1. The zero-order valence-electron chi connectivity index (χ0n) is 23.8. The van der Waals surface area contributed by atoms with Crippen LogP contribution >= 0.6 is 11.6 Å². The van der Waals surface area contributed by atoms with Gasteiger partial charge in [-0.25, -0.2) is 24.3 Å². The van der Waals surface area contributed by atoms with Gasteiger partial charge < -0.3 is 14.0 Å². The molecule has 0 spiro atoms. The lowest BCUT2D eigenvalue weighted by Gasteiger charge is -2.33. The van der Waals surface area contributed by atoms with E-state index in [1.807, 2.05) is 25.3 Å². The second-order valence-corrected chi connectivity index (χ2v) is 11.6. The minimum Gasteiger partial charge on any atom is -0.472 e. The minimum absolute atomic E-state index is 0.0956. The number of ether oxygens (including phenoxy) is 2. The molecule has 2 fully saturated rings. The normalized spacial score (nSPS) is 17.8. The van der Waals surface area contributed by atoms with Gasteiger partial charge in [-0.2, -0.15) is 5.10 Å². The topological polar surface area (TPSA) is 107 Å². The van der Waals surface area contributed by atoms with Crippen LogP contribution in [0, 0.1) is 12.7 Å². The number of hydrogen-bond donors (Lipinski definition) is 1. The molecule has 4 aromatic heterocycles. The molecule has 1 atom stereocenters. The van der Waals surface area contributed by atoms with E-state index >= 15 is 0 Å². The van der Waals surface area contributed by atoms with Crippen molar-refractivity contribution in [1.82, 2.24) is 39.6 Å². The number of nitrogens with zero attached hydrogens (tertiary/aromatic N) is 7. The second kappa shape index (κ2) is 12.0. The van der Waals surface area contributed by atoms with Gasteiger partial charge in [-0.3, -0.25) is 10.00 Å². The Morgan fingerprint density at radius 1 is 1.12 bits per heavy atom. The Morgan fingerprint density at radius 2 is 1.98 bits per heavy atom. The van der Waals surface area contributed by atoms with Crippen molar-refractivity contribution < 1.29 is 13.9 Å². The Kier molecular flexibility index (Phi) is 7.77. The molecule has 10 nitrogen and oxygen atoms in total. The van der Waals surface area contributed by atoms with E-state index in [4.69, 9.17) is 31.0 Å². The maximum atomic E-state index is 14.3. The van der Waals surface area contributed by atoms with E-state index in [1.54, 1.807) is 18.3 Å². The third-order valence-electron chi connectivity index (χ3n) is 8.27. The third kappa shape index (κ3) is 5.97. The van der Waals surface area contributed by atoms with Crippen molar-refractivity contribution in [3.05, 3.63) is 82.4 Å². The van der Waals surface area contributed by atoms with Gasteiger partial charge in [-0.1, -0.05) is 23.7 Å². The van der Waals surface area contributed by atoms with Crippen LogP contribution in [0.15, 0.2) is 48.8 Å². The molecule has 0 amide bonds. The van der Waals surface area contributed by atoms with Crippen molar-refractivity contribution >= 4 is 22.8 Å². The molecule has 5 aromatic rings. The first kappa shape index (κ1) is 27.9. The number of rotatable bonds is 9. The van der Waals surface area contributed by atoms with Gasteiger partial charge in [0.15, 0.2) is 11.5 Å². The quantitative estimate of drug-likeness (QED) is 0.237. The van der Waals surface area contributed by atoms with Crippen LogP contribution in [0.1, 0.15) is 48.0 Å². The summed E-state index contributed by atoms with van der Waals surface area (Å²) in [7, 11) is 0. The molecular weight excluding hydrogens is 571 g/mol. The highest BCUT2D eigenvalue weighted by molar-refractivity contribution is 6.30. The molecule has 0 aliphatic carbocycles. The van der Waals surface area contributed by atoms with Crippen molar-refractivity contribution in [3.8, 4) is 17.3 Å². The van der Waals surface area contributed by atoms with Crippen molar-refractivity contribution in [2.24, 2.45) is 0 Å². The molecule has 1 unspecified atom stereocenters. The average Bonchev–Trinajstić information content (AvgIpc) is 3.57. The second-order valence-electron chi connectivity index (χ2n) is 11.2. The maximum absolute atomic E-state index is 14.3. The SMILES string of the molecule is Cc1nc(-c2cnc3c(c2)nc(CN2CCC(c4cccnc4OCc4ccc(Cl)cc4F)CC2)n3CC2CCO2)n[nH]1. The number of fused-ring (bicyclic) bond motifs is 1. The molecule has 1 aromatic carbocycles.